The number of anilines is 1. The second-order valence-electron chi connectivity index (χ2n) is 12.2. The second kappa shape index (κ2) is 11.6. The summed E-state index contributed by atoms with van der Waals surface area (Å²) in [5.74, 6) is -4.56. The molecule has 0 unspecified atom stereocenters. The quantitative estimate of drug-likeness (QED) is 0.225. The lowest BCUT2D eigenvalue weighted by atomic mass is 9.49. The van der Waals surface area contributed by atoms with Crippen LogP contribution in [0.3, 0.4) is 0 Å². The molecule has 7 rings (SSSR count). The van der Waals surface area contributed by atoms with Crippen LogP contribution in [0, 0.1) is 23.7 Å². The average molecular weight is 677 g/mol. The number of fused-ring (bicyclic) bond motifs is 4. The van der Waals surface area contributed by atoms with Gasteiger partial charge < -0.3 is 14.6 Å². The topological polar surface area (TPSA) is 134 Å². The largest absolute Gasteiger partial charge is 0.504 e. The number of methoxy groups -OCH3 is 1. The maximum absolute atomic E-state index is 15.2. The van der Waals surface area contributed by atoms with E-state index in [1.165, 1.54) is 12.1 Å². The summed E-state index contributed by atoms with van der Waals surface area (Å²) in [6.45, 7) is 2.07. The molecule has 4 amide bonds. The first-order valence-electron chi connectivity index (χ1n) is 15.3. The summed E-state index contributed by atoms with van der Waals surface area (Å²) in [4.78, 5) is 56.0. The molecule has 4 aliphatic rings. The van der Waals surface area contributed by atoms with Crippen molar-refractivity contribution in [1.82, 2.24) is 10.3 Å². The lowest BCUT2D eigenvalue weighted by Gasteiger charge is -2.50. The van der Waals surface area contributed by atoms with E-state index in [1.54, 1.807) is 62.6 Å². The van der Waals surface area contributed by atoms with Gasteiger partial charge in [-0.1, -0.05) is 53.1 Å². The molecular weight excluding hydrogens is 645 g/mol. The number of halogens is 2. The Hall–Kier alpha value is -4.54. The highest BCUT2D eigenvalue weighted by Gasteiger charge is 2.70. The molecule has 6 atom stereocenters. The van der Waals surface area contributed by atoms with E-state index in [4.69, 9.17) is 32.7 Å². The van der Waals surface area contributed by atoms with Gasteiger partial charge in [0.15, 0.2) is 11.5 Å². The summed E-state index contributed by atoms with van der Waals surface area (Å²) in [5, 5.41) is 14.7. The number of rotatable bonds is 7. The zero-order valence-corrected chi connectivity index (χ0v) is 27.0. The van der Waals surface area contributed by atoms with E-state index in [2.05, 4.69) is 10.7 Å². The number of phenols is 1. The van der Waals surface area contributed by atoms with Crippen LogP contribution in [0.15, 0.2) is 72.3 Å². The smallest absolute Gasteiger partial charge is 0.260 e. The fourth-order valence-corrected chi connectivity index (χ4v) is 8.56. The summed E-state index contributed by atoms with van der Waals surface area (Å²) in [5.41, 5.74) is 3.72. The molecule has 2 heterocycles. The molecule has 3 N–H and O–H groups in total. The Bertz CT molecular complexity index is 1860. The molecule has 0 spiro atoms. The molecule has 10 nitrogen and oxygen atoms in total. The van der Waals surface area contributed by atoms with E-state index in [9.17, 15) is 19.5 Å². The van der Waals surface area contributed by atoms with E-state index >= 15 is 4.79 Å². The number of imide groups is 2. The van der Waals surface area contributed by atoms with Crippen LogP contribution in [0.4, 0.5) is 5.69 Å². The third kappa shape index (κ3) is 4.68. The molecule has 47 heavy (non-hydrogen) atoms. The first-order chi connectivity index (χ1) is 22.6. The number of nitrogens with one attached hydrogen (secondary N) is 2. The molecule has 3 aromatic carbocycles. The van der Waals surface area contributed by atoms with Crippen molar-refractivity contribution in [2.24, 2.45) is 23.7 Å². The highest BCUT2D eigenvalue weighted by Crippen LogP contribution is 2.64. The summed E-state index contributed by atoms with van der Waals surface area (Å²) in [6, 6.07) is 16.6. The standard InChI is InChI=1S/C35H31Cl2N3O7/c1-3-47-28-14-17(4-13-27(28)41)30-21-10-11-22-29(32(43)38-31(22)42)23(21)16-24-33(44)40(39-26-12-7-19(36)15-25(26)37)34(45)35(24,30)18-5-8-20(46-2)9-6-18/h4-10,12-15,22-24,29-30,39,41H,3,11,16H2,1-2H3,(H,38,42,43)/t22-,23+,24-,29-,30-,35+/m0/s1. The number of carbonyl (C=O) groups excluding carboxylic acids is 4. The van der Waals surface area contributed by atoms with Gasteiger partial charge in [-0.05, 0) is 79.3 Å². The number of amides is 4. The van der Waals surface area contributed by atoms with Crippen molar-refractivity contribution in [2.75, 3.05) is 19.1 Å². The highest BCUT2D eigenvalue weighted by molar-refractivity contribution is 6.36. The maximum Gasteiger partial charge on any atom is 0.260 e. The molecule has 1 saturated carbocycles. The summed E-state index contributed by atoms with van der Waals surface area (Å²) in [6.07, 6.45) is 2.39. The van der Waals surface area contributed by atoms with Gasteiger partial charge in [-0.25, -0.2) is 0 Å². The lowest BCUT2D eigenvalue weighted by molar-refractivity contribution is -0.138. The van der Waals surface area contributed by atoms with Crippen LogP contribution in [-0.2, 0) is 24.6 Å². The molecule has 12 heteroatoms. The lowest BCUT2D eigenvalue weighted by Crippen LogP contribution is -2.53. The van der Waals surface area contributed by atoms with Gasteiger partial charge in [0, 0.05) is 10.9 Å². The third-order valence-corrected chi connectivity index (χ3v) is 10.6. The summed E-state index contributed by atoms with van der Waals surface area (Å²) < 4.78 is 11.2. The van der Waals surface area contributed by atoms with Gasteiger partial charge in [-0.3, -0.25) is 29.9 Å². The molecule has 3 aromatic rings. The Morgan fingerprint density at radius 2 is 1.77 bits per heavy atom. The van der Waals surface area contributed by atoms with E-state index in [0.29, 0.717) is 34.0 Å². The highest BCUT2D eigenvalue weighted by atomic mass is 35.5. The minimum absolute atomic E-state index is 0.0778. The summed E-state index contributed by atoms with van der Waals surface area (Å²) in [7, 11) is 1.54. The predicted octanol–water partition coefficient (Wildman–Crippen LogP) is 5.38. The third-order valence-electron chi connectivity index (χ3n) is 10.0. The van der Waals surface area contributed by atoms with Crippen LogP contribution < -0.4 is 20.2 Å². The number of ether oxygens (including phenoxy) is 2. The zero-order chi connectivity index (χ0) is 33.2. The van der Waals surface area contributed by atoms with Crippen LogP contribution in [0.2, 0.25) is 10.0 Å². The molecule has 2 saturated heterocycles. The van der Waals surface area contributed by atoms with Crippen molar-refractivity contribution in [3.8, 4) is 17.2 Å². The van der Waals surface area contributed by atoms with Gasteiger partial charge in [0.25, 0.3) is 11.8 Å². The first-order valence-corrected chi connectivity index (χ1v) is 16.1. The van der Waals surface area contributed by atoms with E-state index in [0.717, 1.165) is 10.6 Å². The Morgan fingerprint density at radius 3 is 2.47 bits per heavy atom. The van der Waals surface area contributed by atoms with Gasteiger partial charge in [0.2, 0.25) is 11.8 Å². The Balaban J connectivity index is 1.48. The minimum Gasteiger partial charge on any atom is -0.504 e. The van der Waals surface area contributed by atoms with Gasteiger partial charge in [-0.15, -0.1) is 0 Å². The van der Waals surface area contributed by atoms with E-state index < -0.39 is 46.8 Å². The molecule has 0 aromatic heterocycles. The van der Waals surface area contributed by atoms with Crippen molar-refractivity contribution < 1.29 is 33.8 Å². The maximum atomic E-state index is 15.2. The fraction of sp³-hybridized carbons (Fsp3) is 0.314. The molecule has 3 fully saturated rings. The van der Waals surface area contributed by atoms with Gasteiger partial charge >= 0.3 is 0 Å². The molecule has 2 aliphatic carbocycles. The van der Waals surface area contributed by atoms with Crippen LogP contribution in [0.1, 0.15) is 36.8 Å². The van der Waals surface area contributed by atoms with E-state index in [-0.39, 0.29) is 41.4 Å². The summed E-state index contributed by atoms with van der Waals surface area (Å²) >= 11 is 12.6. The predicted molar refractivity (Wildman–Crippen MR) is 173 cm³/mol. The van der Waals surface area contributed by atoms with Crippen molar-refractivity contribution >= 4 is 52.5 Å². The average Bonchev–Trinajstić information content (AvgIpc) is 3.47. The van der Waals surface area contributed by atoms with Gasteiger partial charge in [0.05, 0.1) is 47.6 Å². The number of carbonyl (C=O) groups is 4. The SMILES string of the molecule is CCOc1cc([C@H]2C3=CC[C@@H]4C(=O)NC(=O)[C@@H]4[C@@H]3C[C@H]3C(=O)N(Nc4ccc(Cl)cc4Cl)C(=O)[C@@]23c2ccc(OC)cc2)ccc1O. The molecular formula is C35H31Cl2N3O7. The molecule has 2 aliphatic heterocycles. The van der Waals surface area contributed by atoms with Crippen molar-refractivity contribution in [3.63, 3.8) is 0 Å². The molecule has 0 radical (unpaired) electrons. The number of hydrogen-bond donors (Lipinski definition) is 3. The number of phenolic OH excluding ortho intramolecular Hbond substituents is 1. The number of allylic oxidation sites excluding steroid dienone is 2. The fourth-order valence-electron chi connectivity index (χ4n) is 8.11. The van der Waals surface area contributed by atoms with Gasteiger partial charge in [0.1, 0.15) is 5.75 Å². The molecule has 242 valence electrons. The Morgan fingerprint density at radius 1 is 1.00 bits per heavy atom. The minimum atomic E-state index is -1.51. The number of hydrazine groups is 1. The van der Waals surface area contributed by atoms with Crippen LogP contribution in [0.5, 0.6) is 17.2 Å². The van der Waals surface area contributed by atoms with Gasteiger partial charge in [-0.2, -0.15) is 5.01 Å². The van der Waals surface area contributed by atoms with Crippen LogP contribution in [0.25, 0.3) is 0 Å². The Labute approximate surface area is 280 Å². The number of nitrogens with zero attached hydrogens (tertiary/aromatic N) is 1. The Kier molecular flexibility index (Phi) is 7.68. The number of aromatic hydroxyl groups is 1. The number of hydrogen-bond acceptors (Lipinski definition) is 8. The van der Waals surface area contributed by atoms with Crippen LogP contribution >= 0.6 is 23.2 Å². The van der Waals surface area contributed by atoms with Crippen LogP contribution in [-0.4, -0.2) is 47.5 Å². The monoisotopic (exact) mass is 675 g/mol. The normalized spacial score (nSPS) is 27.9. The second-order valence-corrected chi connectivity index (χ2v) is 13.1. The number of benzene rings is 3. The first kappa shape index (κ1) is 31.1. The van der Waals surface area contributed by atoms with Crippen molar-refractivity contribution in [3.05, 3.63) is 93.5 Å². The zero-order valence-electron chi connectivity index (χ0n) is 25.5. The molecule has 0 bridgehead atoms. The van der Waals surface area contributed by atoms with E-state index in [1.807, 2.05) is 6.08 Å². The van der Waals surface area contributed by atoms with Crippen molar-refractivity contribution in [2.45, 2.75) is 31.1 Å². The van der Waals surface area contributed by atoms with Crippen molar-refractivity contribution in [1.29, 1.82) is 0 Å².